The quantitative estimate of drug-likeness (QED) is 0.897. The Morgan fingerprint density at radius 2 is 2.14 bits per heavy atom. The van der Waals surface area contributed by atoms with Crippen molar-refractivity contribution >= 4 is 10.0 Å². The third-order valence-corrected chi connectivity index (χ3v) is 5.87. The Balaban J connectivity index is 2.06. The van der Waals surface area contributed by atoms with Crippen LogP contribution in [0.15, 0.2) is 23.4 Å². The summed E-state index contributed by atoms with van der Waals surface area (Å²) in [5.41, 5.74) is 0. The van der Waals surface area contributed by atoms with Crippen LogP contribution in [0.1, 0.15) is 26.7 Å². The van der Waals surface area contributed by atoms with E-state index < -0.39 is 20.9 Å². The lowest BCUT2D eigenvalue weighted by Crippen LogP contribution is -2.44. The SMILES string of the molecule is CCNC(C)C1CCN(S(=O)(=O)c2ncccc2F)CC1. The molecule has 21 heavy (non-hydrogen) atoms. The van der Waals surface area contributed by atoms with Gasteiger partial charge < -0.3 is 5.32 Å². The first-order valence-corrected chi connectivity index (χ1v) is 8.75. The monoisotopic (exact) mass is 315 g/mol. The normalized spacial score (nSPS) is 19.6. The molecule has 1 N–H and O–H groups in total. The van der Waals surface area contributed by atoms with E-state index in [1.54, 1.807) is 0 Å². The van der Waals surface area contributed by atoms with Crippen molar-refractivity contribution in [2.75, 3.05) is 19.6 Å². The van der Waals surface area contributed by atoms with Crippen molar-refractivity contribution in [3.8, 4) is 0 Å². The Labute approximate surface area is 125 Å². The first-order valence-electron chi connectivity index (χ1n) is 7.31. The second-order valence-corrected chi connectivity index (χ2v) is 7.23. The summed E-state index contributed by atoms with van der Waals surface area (Å²) in [4.78, 5) is 3.69. The number of hydrogen-bond donors (Lipinski definition) is 1. The van der Waals surface area contributed by atoms with Gasteiger partial charge in [-0.1, -0.05) is 6.92 Å². The van der Waals surface area contributed by atoms with E-state index in [0.29, 0.717) is 25.0 Å². The molecule has 1 aliphatic heterocycles. The van der Waals surface area contributed by atoms with Crippen LogP contribution in [0, 0.1) is 11.7 Å². The van der Waals surface area contributed by atoms with Crippen LogP contribution in [0.25, 0.3) is 0 Å². The molecule has 0 saturated carbocycles. The van der Waals surface area contributed by atoms with E-state index in [1.165, 1.54) is 16.6 Å². The Hall–Kier alpha value is -1.05. The van der Waals surface area contributed by atoms with Gasteiger partial charge in [-0.3, -0.25) is 0 Å². The minimum Gasteiger partial charge on any atom is -0.314 e. The molecule has 2 heterocycles. The van der Waals surface area contributed by atoms with Crippen molar-refractivity contribution in [2.45, 2.75) is 37.8 Å². The minimum atomic E-state index is -3.83. The van der Waals surface area contributed by atoms with Gasteiger partial charge >= 0.3 is 0 Å². The first-order chi connectivity index (χ1) is 9.96. The van der Waals surface area contributed by atoms with E-state index in [1.807, 2.05) is 0 Å². The van der Waals surface area contributed by atoms with Gasteiger partial charge in [0.2, 0.25) is 5.03 Å². The summed E-state index contributed by atoms with van der Waals surface area (Å²) in [7, 11) is -3.83. The average molecular weight is 315 g/mol. The number of sulfonamides is 1. The van der Waals surface area contributed by atoms with Crippen molar-refractivity contribution in [1.82, 2.24) is 14.6 Å². The smallest absolute Gasteiger partial charge is 0.263 e. The molecule has 1 unspecified atom stereocenters. The fourth-order valence-electron chi connectivity index (χ4n) is 2.79. The number of nitrogens with zero attached hydrogens (tertiary/aromatic N) is 2. The summed E-state index contributed by atoms with van der Waals surface area (Å²) in [6.07, 6.45) is 2.86. The highest BCUT2D eigenvalue weighted by atomic mass is 32.2. The molecule has 1 aromatic heterocycles. The van der Waals surface area contributed by atoms with Gasteiger partial charge in [-0.25, -0.2) is 17.8 Å². The van der Waals surface area contributed by atoms with Crippen molar-refractivity contribution in [1.29, 1.82) is 0 Å². The van der Waals surface area contributed by atoms with Gasteiger partial charge in [0.25, 0.3) is 10.0 Å². The van der Waals surface area contributed by atoms with Crippen molar-refractivity contribution < 1.29 is 12.8 Å². The van der Waals surface area contributed by atoms with Crippen LogP contribution in [-0.4, -0.2) is 43.4 Å². The van der Waals surface area contributed by atoms with Crippen molar-refractivity contribution in [3.63, 3.8) is 0 Å². The average Bonchev–Trinajstić information content (AvgIpc) is 2.48. The summed E-state index contributed by atoms with van der Waals surface area (Å²) in [6.45, 7) is 5.91. The van der Waals surface area contributed by atoms with Gasteiger partial charge in [-0.15, -0.1) is 0 Å². The molecular formula is C14H22FN3O2S. The van der Waals surface area contributed by atoms with Crippen LogP contribution in [0.3, 0.4) is 0 Å². The van der Waals surface area contributed by atoms with E-state index in [2.05, 4.69) is 24.1 Å². The molecule has 0 aromatic carbocycles. The highest BCUT2D eigenvalue weighted by Crippen LogP contribution is 2.25. The Morgan fingerprint density at radius 3 is 2.71 bits per heavy atom. The van der Waals surface area contributed by atoms with Crippen LogP contribution in [0.4, 0.5) is 4.39 Å². The zero-order valence-electron chi connectivity index (χ0n) is 12.4. The second kappa shape index (κ2) is 6.81. The Morgan fingerprint density at radius 1 is 1.48 bits per heavy atom. The molecule has 1 aromatic rings. The Kier molecular flexibility index (Phi) is 5.29. The standard InChI is InChI=1S/C14H22FN3O2S/c1-3-16-11(2)12-6-9-18(10-7-12)21(19,20)14-13(15)5-4-8-17-14/h4-5,8,11-12,16H,3,6-7,9-10H2,1-2H3. The molecule has 7 heteroatoms. The number of hydrogen-bond acceptors (Lipinski definition) is 4. The number of piperidine rings is 1. The maximum atomic E-state index is 13.7. The van der Waals surface area contributed by atoms with Gasteiger partial charge in [-0.2, -0.15) is 4.31 Å². The molecular weight excluding hydrogens is 293 g/mol. The van der Waals surface area contributed by atoms with Gasteiger partial charge in [0, 0.05) is 25.3 Å². The number of aromatic nitrogens is 1. The van der Waals surface area contributed by atoms with Crippen LogP contribution in [-0.2, 0) is 10.0 Å². The van der Waals surface area contributed by atoms with Crippen LogP contribution in [0.2, 0.25) is 0 Å². The van der Waals surface area contributed by atoms with Crippen molar-refractivity contribution in [2.24, 2.45) is 5.92 Å². The van der Waals surface area contributed by atoms with E-state index in [0.717, 1.165) is 25.5 Å². The summed E-state index contributed by atoms with van der Waals surface area (Å²) in [5, 5.41) is 2.90. The van der Waals surface area contributed by atoms with Crippen LogP contribution in [0.5, 0.6) is 0 Å². The molecule has 1 saturated heterocycles. The molecule has 0 spiro atoms. The number of rotatable bonds is 5. The van der Waals surface area contributed by atoms with Gasteiger partial charge in [0.15, 0.2) is 5.82 Å². The fourth-order valence-corrected chi connectivity index (χ4v) is 4.23. The number of nitrogens with one attached hydrogen (secondary N) is 1. The largest absolute Gasteiger partial charge is 0.314 e. The van der Waals surface area contributed by atoms with E-state index >= 15 is 0 Å². The van der Waals surface area contributed by atoms with Crippen molar-refractivity contribution in [3.05, 3.63) is 24.1 Å². The second-order valence-electron chi connectivity index (χ2n) is 5.38. The summed E-state index contributed by atoms with van der Waals surface area (Å²) in [5.74, 6) is -0.342. The molecule has 1 fully saturated rings. The molecule has 0 bridgehead atoms. The third kappa shape index (κ3) is 3.59. The highest BCUT2D eigenvalue weighted by Gasteiger charge is 2.33. The predicted molar refractivity (Wildman–Crippen MR) is 78.8 cm³/mol. The topological polar surface area (TPSA) is 62.3 Å². The predicted octanol–water partition coefficient (Wildman–Crippen LogP) is 1.62. The summed E-state index contributed by atoms with van der Waals surface area (Å²) in [6, 6.07) is 2.88. The molecule has 1 atom stereocenters. The fraction of sp³-hybridized carbons (Fsp3) is 0.643. The minimum absolute atomic E-state index is 0.367. The molecule has 0 aliphatic carbocycles. The summed E-state index contributed by atoms with van der Waals surface area (Å²) < 4.78 is 39.8. The lowest BCUT2D eigenvalue weighted by Gasteiger charge is -2.34. The van der Waals surface area contributed by atoms with Crippen LogP contribution >= 0.6 is 0 Å². The van der Waals surface area contributed by atoms with E-state index in [-0.39, 0.29) is 0 Å². The van der Waals surface area contributed by atoms with E-state index in [9.17, 15) is 12.8 Å². The zero-order valence-corrected chi connectivity index (χ0v) is 13.2. The van der Waals surface area contributed by atoms with E-state index in [4.69, 9.17) is 0 Å². The molecule has 118 valence electrons. The highest BCUT2D eigenvalue weighted by molar-refractivity contribution is 7.89. The molecule has 1 aliphatic rings. The van der Waals surface area contributed by atoms with Gasteiger partial charge in [-0.05, 0) is 44.4 Å². The Bertz CT molecular complexity index is 571. The maximum Gasteiger partial charge on any atom is 0.263 e. The lowest BCUT2D eigenvalue weighted by atomic mass is 9.91. The molecule has 2 rings (SSSR count). The molecule has 0 radical (unpaired) electrons. The van der Waals surface area contributed by atoms with Gasteiger partial charge in [0.1, 0.15) is 0 Å². The summed E-state index contributed by atoms with van der Waals surface area (Å²) >= 11 is 0. The first kappa shape index (κ1) is 16.3. The van der Waals surface area contributed by atoms with Crippen LogP contribution < -0.4 is 5.32 Å². The zero-order chi connectivity index (χ0) is 15.5. The molecule has 5 nitrogen and oxygen atoms in total. The van der Waals surface area contributed by atoms with Gasteiger partial charge in [0.05, 0.1) is 0 Å². The number of pyridine rings is 1. The maximum absolute atomic E-state index is 13.7. The lowest BCUT2D eigenvalue weighted by molar-refractivity contribution is 0.232. The third-order valence-electron chi connectivity index (χ3n) is 4.04. The number of halogens is 1. The molecule has 0 amide bonds.